The first-order valence-electron chi connectivity index (χ1n) is 11.3. The molecular weight excluding hydrogens is 413 g/mol. The molecule has 1 N–H and O–H groups in total. The molecule has 0 amide bonds. The summed E-state index contributed by atoms with van der Waals surface area (Å²) in [5, 5.41) is 10.2. The third-order valence-electron chi connectivity index (χ3n) is 5.86. The number of benzene rings is 3. The summed E-state index contributed by atoms with van der Waals surface area (Å²) in [4.78, 5) is 15.0. The summed E-state index contributed by atoms with van der Waals surface area (Å²) in [5.41, 5.74) is 3.89. The number of carbonyl (C=O) groups excluding carboxylic acids is 1. The number of rotatable bonds is 11. The Balaban J connectivity index is 2.06. The van der Waals surface area contributed by atoms with Gasteiger partial charge in [0.15, 0.2) is 0 Å². The second-order valence-corrected chi connectivity index (χ2v) is 8.03. The standard InChI is InChI=1S/C27H32BNO4/c1-4-33-27(30)19-26(24-16-11-17-25(18-24)28(31)32-3)29(20-22-12-7-5-8-13-22)21(2)23-14-9-6-10-15-23/h5-18,21,26,31H,4,19-20H2,1-3H3/t21-,26+/m1/s1. The van der Waals surface area contributed by atoms with Crippen molar-refractivity contribution in [1.82, 2.24) is 4.90 Å². The van der Waals surface area contributed by atoms with E-state index in [1.165, 1.54) is 7.11 Å². The lowest BCUT2D eigenvalue weighted by Crippen LogP contribution is -2.36. The summed E-state index contributed by atoms with van der Waals surface area (Å²) in [6.07, 6.45) is 0.199. The molecular formula is C27H32BNO4. The molecule has 0 radical (unpaired) electrons. The van der Waals surface area contributed by atoms with Crippen LogP contribution in [-0.4, -0.2) is 36.7 Å². The fraction of sp³-hybridized carbons (Fsp3) is 0.296. The van der Waals surface area contributed by atoms with Gasteiger partial charge in [-0.05, 0) is 36.0 Å². The molecule has 172 valence electrons. The van der Waals surface area contributed by atoms with Crippen LogP contribution in [0.1, 0.15) is 49.0 Å². The molecule has 0 saturated carbocycles. The number of hydrogen-bond acceptors (Lipinski definition) is 5. The molecule has 6 heteroatoms. The molecule has 0 aromatic heterocycles. The van der Waals surface area contributed by atoms with E-state index < -0.39 is 7.12 Å². The number of carbonyl (C=O) groups is 1. The van der Waals surface area contributed by atoms with E-state index in [4.69, 9.17) is 9.39 Å². The van der Waals surface area contributed by atoms with Crippen molar-refractivity contribution in [2.24, 2.45) is 0 Å². The molecule has 33 heavy (non-hydrogen) atoms. The van der Waals surface area contributed by atoms with Crippen molar-refractivity contribution in [2.45, 2.75) is 38.9 Å². The number of hydrogen-bond donors (Lipinski definition) is 1. The van der Waals surface area contributed by atoms with E-state index in [1.807, 2.05) is 67.6 Å². The number of nitrogens with zero attached hydrogens (tertiary/aromatic N) is 1. The van der Waals surface area contributed by atoms with E-state index in [1.54, 1.807) is 0 Å². The van der Waals surface area contributed by atoms with Crippen LogP contribution >= 0.6 is 0 Å². The zero-order valence-corrected chi connectivity index (χ0v) is 19.6. The van der Waals surface area contributed by atoms with Gasteiger partial charge in [-0.25, -0.2) is 0 Å². The summed E-state index contributed by atoms with van der Waals surface area (Å²) < 4.78 is 10.5. The van der Waals surface area contributed by atoms with Gasteiger partial charge >= 0.3 is 13.1 Å². The molecule has 0 fully saturated rings. The Hall–Kier alpha value is -2.93. The van der Waals surface area contributed by atoms with Crippen molar-refractivity contribution < 1.29 is 19.2 Å². The summed E-state index contributed by atoms with van der Waals surface area (Å²) in [5.74, 6) is -0.251. The molecule has 5 nitrogen and oxygen atoms in total. The third kappa shape index (κ3) is 6.78. The second kappa shape index (κ2) is 12.4. The van der Waals surface area contributed by atoms with E-state index in [0.717, 1.165) is 16.7 Å². The zero-order chi connectivity index (χ0) is 23.6. The van der Waals surface area contributed by atoms with Gasteiger partial charge in [-0.15, -0.1) is 0 Å². The van der Waals surface area contributed by atoms with Crippen LogP contribution in [0.15, 0.2) is 84.9 Å². The fourth-order valence-electron chi connectivity index (χ4n) is 4.09. The largest absolute Gasteiger partial charge is 0.490 e. The van der Waals surface area contributed by atoms with Crippen LogP contribution in [0.2, 0.25) is 0 Å². The lowest BCUT2D eigenvalue weighted by Gasteiger charge is -2.37. The minimum atomic E-state index is -1.03. The molecule has 0 heterocycles. The SMILES string of the molecule is CCOC(=O)C[C@@H](c1cccc(B(O)OC)c1)N(Cc1ccccc1)[C@H](C)c1ccccc1. The van der Waals surface area contributed by atoms with E-state index in [2.05, 4.69) is 36.1 Å². The second-order valence-electron chi connectivity index (χ2n) is 8.03. The minimum absolute atomic E-state index is 0.0295. The van der Waals surface area contributed by atoms with Crippen LogP contribution in [0.25, 0.3) is 0 Å². The monoisotopic (exact) mass is 445 g/mol. The van der Waals surface area contributed by atoms with E-state index >= 15 is 0 Å². The molecule has 0 aliphatic rings. The van der Waals surface area contributed by atoms with Crippen LogP contribution in [0, 0.1) is 0 Å². The summed E-state index contributed by atoms with van der Waals surface area (Å²) in [7, 11) is 0.439. The van der Waals surface area contributed by atoms with Gasteiger partial charge in [0.2, 0.25) is 0 Å². The Morgan fingerprint density at radius 2 is 1.61 bits per heavy atom. The van der Waals surface area contributed by atoms with Gasteiger partial charge in [0.25, 0.3) is 0 Å². The fourth-order valence-corrected chi connectivity index (χ4v) is 4.09. The Bertz CT molecular complexity index is 999. The first kappa shape index (κ1) is 24.7. The first-order valence-corrected chi connectivity index (χ1v) is 11.3. The van der Waals surface area contributed by atoms with Crippen LogP contribution in [0.3, 0.4) is 0 Å². The van der Waals surface area contributed by atoms with Gasteiger partial charge in [-0.1, -0.05) is 84.9 Å². The highest BCUT2D eigenvalue weighted by Crippen LogP contribution is 2.34. The molecule has 0 unspecified atom stereocenters. The average molecular weight is 445 g/mol. The number of esters is 1. The van der Waals surface area contributed by atoms with Gasteiger partial charge in [-0.3, -0.25) is 9.69 Å². The van der Waals surface area contributed by atoms with Gasteiger partial charge in [0, 0.05) is 25.7 Å². The van der Waals surface area contributed by atoms with Crippen molar-refractivity contribution in [2.75, 3.05) is 13.7 Å². The lowest BCUT2D eigenvalue weighted by molar-refractivity contribution is -0.145. The summed E-state index contributed by atoms with van der Waals surface area (Å²) in [6.45, 7) is 4.96. The maximum atomic E-state index is 12.7. The van der Waals surface area contributed by atoms with Gasteiger partial charge in [0.1, 0.15) is 0 Å². The molecule has 0 aliphatic heterocycles. The Morgan fingerprint density at radius 1 is 0.970 bits per heavy atom. The van der Waals surface area contributed by atoms with Gasteiger partial charge in [-0.2, -0.15) is 0 Å². The maximum Gasteiger partial charge on any atom is 0.490 e. The molecule has 0 bridgehead atoms. The summed E-state index contributed by atoms with van der Waals surface area (Å²) >= 11 is 0. The zero-order valence-electron chi connectivity index (χ0n) is 19.6. The van der Waals surface area contributed by atoms with Crippen molar-refractivity contribution in [3.05, 3.63) is 102 Å². The van der Waals surface area contributed by atoms with Crippen LogP contribution < -0.4 is 5.46 Å². The van der Waals surface area contributed by atoms with E-state index in [0.29, 0.717) is 18.6 Å². The molecule has 0 aliphatic carbocycles. The predicted octanol–water partition coefficient (Wildman–Crippen LogP) is 4.28. The summed E-state index contributed by atoms with van der Waals surface area (Å²) in [6, 6.07) is 27.9. The minimum Gasteiger partial charge on any atom is -0.466 e. The Kier molecular flexibility index (Phi) is 9.25. The quantitative estimate of drug-likeness (QED) is 0.353. The van der Waals surface area contributed by atoms with Gasteiger partial charge in [0.05, 0.1) is 13.0 Å². The van der Waals surface area contributed by atoms with Crippen LogP contribution in [0.5, 0.6) is 0 Å². The third-order valence-corrected chi connectivity index (χ3v) is 5.86. The molecule has 3 aromatic carbocycles. The van der Waals surface area contributed by atoms with Crippen LogP contribution in [-0.2, 0) is 20.7 Å². The Morgan fingerprint density at radius 3 is 2.24 bits per heavy atom. The highest BCUT2D eigenvalue weighted by Gasteiger charge is 2.30. The van der Waals surface area contributed by atoms with E-state index in [-0.39, 0.29) is 24.5 Å². The van der Waals surface area contributed by atoms with Crippen LogP contribution in [0.4, 0.5) is 0 Å². The van der Waals surface area contributed by atoms with Crippen molar-refractivity contribution in [3.63, 3.8) is 0 Å². The average Bonchev–Trinajstić information content (AvgIpc) is 2.86. The highest BCUT2D eigenvalue weighted by molar-refractivity contribution is 6.59. The lowest BCUT2D eigenvalue weighted by atomic mass is 9.78. The van der Waals surface area contributed by atoms with Crippen molar-refractivity contribution in [1.29, 1.82) is 0 Å². The molecule has 2 atom stereocenters. The highest BCUT2D eigenvalue weighted by atomic mass is 16.5. The van der Waals surface area contributed by atoms with Crippen molar-refractivity contribution in [3.8, 4) is 0 Å². The maximum absolute atomic E-state index is 12.7. The molecule has 0 spiro atoms. The predicted molar refractivity (Wildman–Crippen MR) is 132 cm³/mol. The normalized spacial score (nSPS) is 12.9. The number of ether oxygens (including phenoxy) is 1. The van der Waals surface area contributed by atoms with E-state index in [9.17, 15) is 9.82 Å². The topological polar surface area (TPSA) is 59.0 Å². The Labute approximate surface area is 197 Å². The smallest absolute Gasteiger partial charge is 0.466 e. The molecule has 0 saturated heterocycles. The van der Waals surface area contributed by atoms with Gasteiger partial charge < -0.3 is 14.4 Å². The molecule has 3 aromatic rings. The van der Waals surface area contributed by atoms with Crippen molar-refractivity contribution >= 4 is 18.6 Å². The molecule has 3 rings (SSSR count). The first-order chi connectivity index (χ1) is 16.0.